The van der Waals surface area contributed by atoms with Gasteiger partial charge in [-0.3, -0.25) is 0 Å². The van der Waals surface area contributed by atoms with Crippen LogP contribution in [0.1, 0.15) is 26.7 Å². The molecule has 0 aromatic heterocycles. The van der Waals surface area contributed by atoms with E-state index in [0.29, 0.717) is 11.5 Å². The molecule has 0 amide bonds. The summed E-state index contributed by atoms with van der Waals surface area (Å²) in [6, 6.07) is 0. The van der Waals surface area contributed by atoms with Crippen LogP contribution in [0.25, 0.3) is 0 Å². The van der Waals surface area contributed by atoms with Gasteiger partial charge in [-0.2, -0.15) is 0 Å². The lowest BCUT2D eigenvalue weighted by Crippen LogP contribution is -2.40. The van der Waals surface area contributed by atoms with Gasteiger partial charge in [0.2, 0.25) is 0 Å². The van der Waals surface area contributed by atoms with Crippen LogP contribution in [0.4, 0.5) is 0 Å². The predicted molar refractivity (Wildman–Crippen MR) is 62.1 cm³/mol. The number of hydrogen-bond donors (Lipinski definition) is 1. The third-order valence-corrected chi connectivity index (χ3v) is 3.60. The lowest BCUT2D eigenvalue weighted by Gasteiger charge is -2.31. The van der Waals surface area contributed by atoms with Gasteiger partial charge in [0, 0.05) is 32.8 Å². The van der Waals surface area contributed by atoms with Gasteiger partial charge in [-0.15, -0.1) is 0 Å². The number of ether oxygens (including phenoxy) is 1. The van der Waals surface area contributed by atoms with Crippen LogP contribution in [-0.4, -0.2) is 50.3 Å². The first-order valence-electron chi connectivity index (χ1n) is 6.23. The maximum Gasteiger partial charge on any atom is 0.0673 e. The second-order valence-corrected chi connectivity index (χ2v) is 5.51. The molecule has 2 saturated heterocycles. The van der Waals surface area contributed by atoms with E-state index in [-0.39, 0.29) is 0 Å². The van der Waals surface area contributed by atoms with E-state index < -0.39 is 0 Å². The predicted octanol–water partition coefficient (Wildman–Crippen LogP) is 1.10. The summed E-state index contributed by atoms with van der Waals surface area (Å²) in [6.45, 7) is 11.4. The summed E-state index contributed by atoms with van der Waals surface area (Å²) in [5, 5.41) is 3.47. The van der Waals surface area contributed by atoms with Crippen molar-refractivity contribution in [1.82, 2.24) is 10.2 Å². The highest BCUT2D eigenvalue weighted by Gasteiger charge is 2.31. The molecule has 2 unspecified atom stereocenters. The Hall–Kier alpha value is -0.120. The molecule has 2 atom stereocenters. The van der Waals surface area contributed by atoms with Gasteiger partial charge in [0.25, 0.3) is 0 Å². The number of rotatable bonds is 2. The molecule has 2 fully saturated rings. The Morgan fingerprint density at radius 2 is 2.40 bits per heavy atom. The van der Waals surface area contributed by atoms with Crippen LogP contribution in [0.15, 0.2) is 0 Å². The van der Waals surface area contributed by atoms with Crippen molar-refractivity contribution in [2.24, 2.45) is 5.41 Å². The SMILES string of the molecule is CC1CN(CC2(C)CCNC2)CCCO1. The topological polar surface area (TPSA) is 24.5 Å². The molecule has 3 nitrogen and oxygen atoms in total. The highest BCUT2D eigenvalue weighted by Crippen LogP contribution is 2.26. The molecule has 0 radical (unpaired) electrons. The molecular formula is C12H24N2O. The average molecular weight is 212 g/mol. The van der Waals surface area contributed by atoms with Gasteiger partial charge in [-0.1, -0.05) is 6.92 Å². The lowest BCUT2D eigenvalue weighted by molar-refractivity contribution is 0.0618. The average Bonchev–Trinajstić information content (AvgIpc) is 2.49. The van der Waals surface area contributed by atoms with E-state index >= 15 is 0 Å². The minimum absolute atomic E-state index is 0.408. The third kappa shape index (κ3) is 3.16. The van der Waals surface area contributed by atoms with Gasteiger partial charge in [0.15, 0.2) is 0 Å². The molecular weight excluding hydrogens is 188 g/mol. The lowest BCUT2D eigenvalue weighted by atomic mass is 9.89. The fourth-order valence-corrected chi connectivity index (χ4v) is 2.77. The monoisotopic (exact) mass is 212 g/mol. The van der Waals surface area contributed by atoms with Crippen LogP contribution in [0, 0.1) is 5.41 Å². The molecule has 0 spiro atoms. The van der Waals surface area contributed by atoms with Gasteiger partial charge in [0.1, 0.15) is 0 Å². The van der Waals surface area contributed by atoms with Crippen LogP contribution in [0.5, 0.6) is 0 Å². The van der Waals surface area contributed by atoms with Crippen LogP contribution < -0.4 is 5.32 Å². The molecule has 3 heteroatoms. The third-order valence-electron chi connectivity index (χ3n) is 3.60. The van der Waals surface area contributed by atoms with Gasteiger partial charge in [-0.05, 0) is 31.7 Å². The molecule has 0 saturated carbocycles. The molecule has 15 heavy (non-hydrogen) atoms. The van der Waals surface area contributed by atoms with Crippen molar-refractivity contribution >= 4 is 0 Å². The van der Waals surface area contributed by atoms with Crippen LogP contribution in [-0.2, 0) is 4.74 Å². The van der Waals surface area contributed by atoms with E-state index in [0.717, 1.165) is 13.2 Å². The van der Waals surface area contributed by atoms with E-state index in [1.807, 2.05) is 0 Å². The summed E-state index contributed by atoms with van der Waals surface area (Å²) in [5.41, 5.74) is 0.490. The zero-order valence-electron chi connectivity index (χ0n) is 10.1. The Bertz CT molecular complexity index is 202. The Labute approximate surface area is 93.2 Å². The fourth-order valence-electron chi connectivity index (χ4n) is 2.77. The summed E-state index contributed by atoms with van der Waals surface area (Å²) >= 11 is 0. The second kappa shape index (κ2) is 4.81. The molecule has 2 heterocycles. The fraction of sp³-hybridized carbons (Fsp3) is 1.00. The van der Waals surface area contributed by atoms with Crippen molar-refractivity contribution in [2.75, 3.05) is 39.3 Å². The first-order valence-corrected chi connectivity index (χ1v) is 6.23. The van der Waals surface area contributed by atoms with Crippen LogP contribution in [0.3, 0.4) is 0 Å². The smallest absolute Gasteiger partial charge is 0.0673 e. The zero-order chi connectivity index (χ0) is 10.7. The number of hydrogen-bond acceptors (Lipinski definition) is 3. The van der Waals surface area contributed by atoms with E-state index in [1.165, 1.54) is 39.0 Å². The second-order valence-electron chi connectivity index (χ2n) is 5.51. The molecule has 2 rings (SSSR count). The van der Waals surface area contributed by atoms with Crippen molar-refractivity contribution < 1.29 is 4.74 Å². The first kappa shape index (κ1) is 11.4. The van der Waals surface area contributed by atoms with Crippen molar-refractivity contribution in [2.45, 2.75) is 32.8 Å². The minimum Gasteiger partial charge on any atom is -0.377 e. The number of nitrogens with one attached hydrogen (secondary N) is 1. The maximum absolute atomic E-state index is 5.67. The van der Waals surface area contributed by atoms with E-state index in [4.69, 9.17) is 4.74 Å². The number of nitrogens with zero attached hydrogens (tertiary/aromatic N) is 1. The van der Waals surface area contributed by atoms with Gasteiger partial charge >= 0.3 is 0 Å². The first-order chi connectivity index (χ1) is 7.18. The minimum atomic E-state index is 0.408. The van der Waals surface area contributed by atoms with Crippen LogP contribution >= 0.6 is 0 Å². The van der Waals surface area contributed by atoms with E-state index in [1.54, 1.807) is 0 Å². The Balaban J connectivity index is 1.86. The summed E-state index contributed by atoms with van der Waals surface area (Å²) < 4.78 is 5.67. The summed E-state index contributed by atoms with van der Waals surface area (Å²) in [4.78, 5) is 2.59. The van der Waals surface area contributed by atoms with Crippen molar-refractivity contribution in [3.63, 3.8) is 0 Å². The van der Waals surface area contributed by atoms with Gasteiger partial charge in [0.05, 0.1) is 6.10 Å². The maximum atomic E-state index is 5.67. The normalized spacial score (nSPS) is 39.2. The molecule has 0 aromatic rings. The van der Waals surface area contributed by atoms with Crippen molar-refractivity contribution in [3.8, 4) is 0 Å². The highest BCUT2D eigenvalue weighted by atomic mass is 16.5. The summed E-state index contributed by atoms with van der Waals surface area (Å²) in [6.07, 6.45) is 2.91. The Morgan fingerprint density at radius 1 is 1.53 bits per heavy atom. The van der Waals surface area contributed by atoms with E-state index in [9.17, 15) is 0 Å². The molecule has 0 aromatic carbocycles. The molecule has 0 aliphatic carbocycles. The summed E-state index contributed by atoms with van der Waals surface area (Å²) in [5.74, 6) is 0. The van der Waals surface area contributed by atoms with Crippen LogP contribution in [0.2, 0.25) is 0 Å². The molecule has 0 bridgehead atoms. The standard InChI is InChI=1S/C12H24N2O/c1-11-8-14(6-3-7-15-11)10-12(2)4-5-13-9-12/h11,13H,3-10H2,1-2H3. The van der Waals surface area contributed by atoms with E-state index in [2.05, 4.69) is 24.1 Å². The van der Waals surface area contributed by atoms with Crippen molar-refractivity contribution in [1.29, 1.82) is 0 Å². The summed E-state index contributed by atoms with van der Waals surface area (Å²) in [7, 11) is 0. The largest absolute Gasteiger partial charge is 0.377 e. The Morgan fingerprint density at radius 3 is 3.13 bits per heavy atom. The molecule has 2 aliphatic rings. The highest BCUT2D eigenvalue weighted by molar-refractivity contribution is 4.87. The molecule has 1 N–H and O–H groups in total. The van der Waals surface area contributed by atoms with Crippen molar-refractivity contribution in [3.05, 3.63) is 0 Å². The Kier molecular flexibility index (Phi) is 3.65. The molecule has 2 aliphatic heterocycles. The zero-order valence-corrected chi connectivity index (χ0v) is 10.1. The quantitative estimate of drug-likeness (QED) is 0.742. The van der Waals surface area contributed by atoms with Gasteiger partial charge < -0.3 is 15.0 Å². The van der Waals surface area contributed by atoms with Gasteiger partial charge in [-0.25, -0.2) is 0 Å². The molecule has 88 valence electrons.